The molecule has 5 heteroatoms. The largest absolute Gasteiger partial charge is 0.464 e. The highest BCUT2D eigenvalue weighted by molar-refractivity contribution is 9.10. The Kier molecular flexibility index (Phi) is 2.75. The Morgan fingerprint density at radius 3 is 2.75 bits per heavy atom. The Balaban J connectivity index is 3.08. The molecule has 0 unspecified atom stereocenters. The second-order valence-electron chi connectivity index (χ2n) is 2.11. The van der Waals surface area contributed by atoms with Crippen molar-refractivity contribution in [1.82, 2.24) is 9.97 Å². The molecule has 1 rings (SSSR count). The van der Waals surface area contributed by atoms with Gasteiger partial charge in [0.1, 0.15) is 10.4 Å². The van der Waals surface area contributed by atoms with Crippen LogP contribution < -0.4 is 0 Å². The molecule has 1 heterocycles. The van der Waals surface area contributed by atoms with Gasteiger partial charge in [-0.2, -0.15) is 0 Å². The van der Waals surface area contributed by atoms with Crippen molar-refractivity contribution in [1.29, 1.82) is 0 Å². The summed E-state index contributed by atoms with van der Waals surface area (Å²) in [6, 6.07) is 1.51. The lowest BCUT2D eigenvalue weighted by Crippen LogP contribution is -2.06. The monoisotopic (exact) mass is 230 g/mol. The number of aromatic nitrogens is 2. The molecule has 64 valence electrons. The molecule has 4 nitrogen and oxygen atoms in total. The molecule has 0 saturated heterocycles. The zero-order valence-electron chi connectivity index (χ0n) is 6.67. The first-order valence-corrected chi connectivity index (χ1v) is 4.02. The van der Waals surface area contributed by atoms with E-state index in [9.17, 15) is 4.79 Å². The van der Waals surface area contributed by atoms with E-state index in [1.165, 1.54) is 13.2 Å². The summed E-state index contributed by atoms with van der Waals surface area (Å²) in [7, 11) is 1.31. The number of carbonyl (C=O) groups excluding carboxylic acids is 1. The standard InChI is InChI=1S/C7H7BrN2O2/c1-4-9-5(7(11)12-2)3-6(8)10-4/h3H,1-2H3. The van der Waals surface area contributed by atoms with Crippen LogP contribution in [0.1, 0.15) is 16.3 Å². The first-order valence-electron chi connectivity index (χ1n) is 3.23. The van der Waals surface area contributed by atoms with Gasteiger partial charge in [-0.15, -0.1) is 0 Å². The van der Waals surface area contributed by atoms with Crippen LogP contribution in [0.15, 0.2) is 10.7 Å². The summed E-state index contributed by atoms with van der Waals surface area (Å²) < 4.78 is 5.08. The Morgan fingerprint density at radius 1 is 1.58 bits per heavy atom. The molecule has 1 aromatic rings. The molecular weight excluding hydrogens is 224 g/mol. The fourth-order valence-corrected chi connectivity index (χ4v) is 1.21. The SMILES string of the molecule is COC(=O)c1cc(Br)nc(C)n1. The molecule has 0 fully saturated rings. The van der Waals surface area contributed by atoms with Gasteiger partial charge in [0.05, 0.1) is 7.11 Å². The van der Waals surface area contributed by atoms with Crippen LogP contribution in [0.2, 0.25) is 0 Å². The molecule has 0 aliphatic heterocycles. The van der Waals surface area contributed by atoms with E-state index < -0.39 is 5.97 Å². The fraction of sp³-hybridized carbons (Fsp3) is 0.286. The number of halogens is 1. The fourth-order valence-electron chi connectivity index (χ4n) is 0.740. The van der Waals surface area contributed by atoms with Gasteiger partial charge in [0.15, 0.2) is 5.69 Å². The second kappa shape index (κ2) is 3.62. The molecule has 0 atom stereocenters. The molecule has 0 aliphatic carbocycles. The number of rotatable bonds is 1. The molecule has 0 amide bonds. The molecule has 0 aliphatic rings. The van der Waals surface area contributed by atoms with Crippen molar-refractivity contribution >= 4 is 21.9 Å². The van der Waals surface area contributed by atoms with Gasteiger partial charge in [0, 0.05) is 6.07 Å². The van der Waals surface area contributed by atoms with Crippen LogP contribution in [-0.4, -0.2) is 23.0 Å². The lowest BCUT2D eigenvalue weighted by Gasteiger charge is -1.99. The first kappa shape index (κ1) is 9.12. The molecule has 1 aromatic heterocycles. The average molecular weight is 231 g/mol. The molecule has 0 N–H and O–H groups in total. The predicted octanol–water partition coefficient (Wildman–Crippen LogP) is 1.33. The van der Waals surface area contributed by atoms with Crippen molar-refractivity contribution in [3.63, 3.8) is 0 Å². The van der Waals surface area contributed by atoms with Crippen LogP contribution in [-0.2, 0) is 4.74 Å². The van der Waals surface area contributed by atoms with E-state index in [2.05, 4.69) is 30.6 Å². The van der Waals surface area contributed by atoms with Crippen molar-refractivity contribution < 1.29 is 9.53 Å². The number of hydrogen-bond donors (Lipinski definition) is 0. The van der Waals surface area contributed by atoms with Crippen molar-refractivity contribution in [3.05, 3.63) is 22.2 Å². The van der Waals surface area contributed by atoms with E-state index in [0.29, 0.717) is 10.4 Å². The molecule has 0 saturated carbocycles. The Labute approximate surface area is 78.1 Å². The van der Waals surface area contributed by atoms with E-state index in [0.717, 1.165) is 0 Å². The summed E-state index contributed by atoms with van der Waals surface area (Å²) in [5.41, 5.74) is 0.261. The number of methoxy groups -OCH3 is 1. The number of nitrogens with zero attached hydrogens (tertiary/aromatic N) is 2. The quantitative estimate of drug-likeness (QED) is 0.540. The van der Waals surface area contributed by atoms with Gasteiger partial charge < -0.3 is 4.74 Å². The number of ether oxygens (including phenoxy) is 1. The zero-order chi connectivity index (χ0) is 9.14. The summed E-state index contributed by atoms with van der Waals surface area (Å²) >= 11 is 3.15. The number of esters is 1. The highest BCUT2D eigenvalue weighted by atomic mass is 79.9. The van der Waals surface area contributed by atoms with Crippen molar-refractivity contribution in [2.24, 2.45) is 0 Å². The van der Waals surface area contributed by atoms with E-state index in [4.69, 9.17) is 0 Å². The Hall–Kier alpha value is -0.970. The second-order valence-corrected chi connectivity index (χ2v) is 2.93. The summed E-state index contributed by atoms with van der Waals surface area (Å²) in [5.74, 6) is 0.0750. The average Bonchev–Trinajstić information content (AvgIpc) is 2.01. The van der Waals surface area contributed by atoms with Crippen molar-refractivity contribution in [2.45, 2.75) is 6.92 Å². The van der Waals surface area contributed by atoms with E-state index in [1.54, 1.807) is 6.92 Å². The zero-order valence-corrected chi connectivity index (χ0v) is 8.25. The number of carbonyl (C=O) groups is 1. The summed E-state index contributed by atoms with van der Waals surface area (Å²) in [6.45, 7) is 1.71. The molecular formula is C7H7BrN2O2. The highest BCUT2D eigenvalue weighted by Crippen LogP contribution is 2.08. The maximum atomic E-state index is 11.0. The minimum Gasteiger partial charge on any atom is -0.464 e. The van der Waals surface area contributed by atoms with Crippen molar-refractivity contribution in [2.75, 3.05) is 7.11 Å². The highest BCUT2D eigenvalue weighted by Gasteiger charge is 2.08. The predicted molar refractivity (Wildman–Crippen MR) is 45.8 cm³/mol. The minimum atomic E-state index is -0.457. The smallest absolute Gasteiger partial charge is 0.356 e. The summed E-state index contributed by atoms with van der Waals surface area (Å²) in [6.07, 6.45) is 0. The van der Waals surface area contributed by atoms with Gasteiger partial charge in [-0.25, -0.2) is 14.8 Å². The van der Waals surface area contributed by atoms with E-state index >= 15 is 0 Å². The molecule has 0 spiro atoms. The number of hydrogen-bond acceptors (Lipinski definition) is 4. The van der Waals surface area contributed by atoms with Gasteiger partial charge in [-0.05, 0) is 22.9 Å². The molecule has 12 heavy (non-hydrogen) atoms. The van der Waals surface area contributed by atoms with Crippen LogP contribution in [0.3, 0.4) is 0 Å². The summed E-state index contributed by atoms with van der Waals surface area (Å²) in [4.78, 5) is 18.8. The van der Waals surface area contributed by atoms with Crippen LogP contribution in [0.4, 0.5) is 0 Å². The minimum absolute atomic E-state index is 0.261. The van der Waals surface area contributed by atoms with Crippen LogP contribution in [0.5, 0.6) is 0 Å². The summed E-state index contributed by atoms with van der Waals surface area (Å²) in [5, 5.41) is 0. The molecule has 0 radical (unpaired) electrons. The Bertz CT molecular complexity index is 294. The molecule has 0 bridgehead atoms. The lowest BCUT2D eigenvalue weighted by molar-refractivity contribution is 0.0593. The third kappa shape index (κ3) is 2.01. The number of aryl methyl sites for hydroxylation is 1. The molecule has 0 aromatic carbocycles. The van der Waals surface area contributed by atoms with E-state index in [1.807, 2.05) is 0 Å². The maximum Gasteiger partial charge on any atom is 0.356 e. The third-order valence-corrected chi connectivity index (χ3v) is 1.61. The first-order chi connectivity index (χ1) is 5.63. The van der Waals surface area contributed by atoms with Gasteiger partial charge >= 0.3 is 5.97 Å². The van der Waals surface area contributed by atoms with Gasteiger partial charge in [0.25, 0.3) is 0 Å². The normalized spacial score (nSPS) is 9.58. The lowest BCUT2D eigenvalue weighted by atomic mass is 10.4. The van der Waals surface area contributed by atoms with Crippen LogP contribution >= 0.6 is 15.9 Å². The maximum absolute atomic E-state index is 11.0. The van der Waals surface area contributed by atoms with Gasteiger partial charge in [0.2, 0.25) is 0 Å². The van der Waals surface area contributed by atoms with Crippen LogP contribution in [0, 0.1) is 6.92 Å². The van der Waals surface area contributed by atoms with E-state index in [-0.39, 0.29) is 5.69 Å². The third-order valence-electron chi connectivity index (χ3n) is 1.20. The Morgan fingerprint density at radius 2 is 2.25 bits per heavy atom. The van der Waals surface area contributed by atoms with Gasteiger partial charge in [-0.1, -0.05) is 0 Å². The van der Waals surface area contributed by atoms with Crippen LogP contribution in [0.25, 0.3) is 0 Å². The van der Waals surface area contributed by atoms with Crippen molar-refractivity contribution in [3.8, 4) is 0 Å². The topological polar surface area (TPSA) is 52.1 Å². The van der Waals surface area contributed by atoms with Gasteiger partial charge in [-0.3, -0.25) is 0 Å².